The molecule has 0 unspecified atom stereocenters. The van der Waals surface area contributed by atoms with Crippen molar-refractivity contribution in [3.05, 3.63) is 66.1 Å². The molecule has 5 nitrogen and oxygen atoms in total. The van der Waals surface area contributed by atoms with E-state index in [1.165, 1.54) is 0 Å². The number of hydrogen-bond donors (Lipinski definition) is 1. The van der Waals surface area contributed by atoms with E-state index < -0.39 is 0 Å². The van der Waals surface area contributed by atoms with Crippen molar-refractivity contribution in [3.63, 3.8) is 0 Å². The van der Waals surface area contributed by atoms with Crippen LogP contribution in [-0.2, 0) is 13.0 Å². The van der Waals surface area contributed by atoms with Crippen molar-refractivity contribution >= 4 is 5.91 Å². The van der Waals surface area contributed by atoms with Crippen LogP contribution < -0.4 is 10.1 Å². The molecule has 1 aromatic carbocycles. The molecule has 5 heteroatoms. The monoisotopic (exact) mass is 342 g/mol. The van der Waals surface area contributed by atoms with Gasteiger partial charge in [-0.25, -0.2) is 0 Å². The molecule has 134 valence electrons. The quantitative estimate of drug-likeness (QED) is 0.532. The highest BCUT2D eigenvalue weighted by Gasteiger charge is 2.11. The number of hydrogen-bond acceptors (Lipinski definition) is 4. The number of carbonyl (C=O) groups is 1. The Morgan fingerprint density at radius 1 is 1.28 bits per heavy atom. The van der Waals surface area contributed by atoms with Crippen molar-refractivity contribution in [1.82, 2.24) is 10.2 Å². The lowest BCUT2D eigenvalue weighted by Crippen LogP contribution is -2.26. The van der Waals surface area contributed by atoms with Gasteiger partial charge in [0.25, 0.3) is 5.91 Å². The Bertz CT molecular complexity index is 692. The highest BCUT2D eigenvalue weighted by atomic mass is 16.5. The van der Waals surface area contributed by atoms with E-state index in [9.17, 15) is 4.79 Å². The molecule has 2 rings (SSSR count). The van der Waals surface area contributed by atoms with Gasteiger partial charge in [0.2, 0.25) is 0 Å². The summed E-state index contributed by atoms with van der Waals surface area (Å²) in [6.45, 7) is 5.59. The van der Waals surface area contributed by atoms with Crippen LogP contribution in [0.1, 0.15) is 28.3 Å². The highest BCUT2D eigenvalue weighted by molar-refractivity contribution is 5.91. The fourth-order valence-corrected chi connectivity index (χ4v) is 2.38. The molecule has 1 amide bonds. The predicted molar refractivity (Wildman–Crippen MR) is 98.9 cm³/mol. The van der Waals surface area contributed by atoms with Crippen molar-refractivity contribution < 1.29 is 13.9 Å². The lowest BCUT2D eigenvalue weighted by Gasteiger charge is -2.09. The van der Waals surface area contributed by atoms with Gasteiger partial charge in [0.1, 0.15) is 18.1 Å². The first-order chi connectivity index (χ1) is 12.1. The van der Waals surface area contributed by atoms with E-state index in [-0.39, 0.29) is 12.5 Å². The first kappa shape index (κ1) is 18.8. The molecular formula is C20H26N2O3. The Balaban J connectivity index is 1.85. The van der Waals surface area contributed by atoms with Gasteiger partial charge >= 0.3 is 0 Å². The molecule has 0 saturated heterocycles. The average molecular weight is 342 g/mol. The maximum atomic E-state index is 12.0. The third kappa shape index (κ3) is 6.12. The van der Waals surface area contributed by atoms with Gasteiger partial charge in [-0.1, -0.05) is 24.3 Å². The number of furan rings is 1. The molecule has 0 aliphatic carbocycles. The molecule has 2 aromatic rings. The van der Waals surface area contributed by atoms with Crippen LogP contribution in [0.4, 0.5) is 0 Å². The third-order valence-corrected chi connectivity index (χ3v) is 3.66. The van der Waals surface area contributed by atoms with Crippen molar-refractivity contribution in [2.45, 2.75) is 19.4 Å². The minimum atomic E-state index is -0.197. The maximum Gasteiger partial charge on any atom is 0.286 e. The van der Waals surface area contributed by atoms with Gasteiger partial charge in [0.05, 0.1) is 0 Å². The van der Waals surface area contributed by atoms with Crippen molar-refractivity contribution in [3.8, 4) is 5.75 Å². The molecular weight excluding hydrogens is 316 g/mol. The second-order valence-electron chi connectivity index (χ2n) is 6.07. The number of allylic oxidation sites excluding steroid dienone is 1. The summed E-state index contributed by atoms with van der Waals surface area (Å²) in [5, 5.41) is 2.86. The van der Waals surface area contributed by atoms with E-state index in [1.807, 2.05) is 44.4 Å². The molecule has 1 N–H and O–H groups in total. The van der Waals surface area contributed by atoms with Crippen molar-refractivity contribution in [2.75, 3.05) is 27.2 Å². The molecule has 0 radical (unpaired) electrons. The maximum absolute atomic E-state index is 12.0. The number of ether oxygens (including phenoxy) is 1. The number of nitrogens with one attached hydrogen (secondary N) is 1. The molecule has 0 atom stereocenters. The van der Waals surface area contributed by atoms with E-state index in [1.54, 1.807) is 12.1 Å². The number of nitrogens with zero attached hydrogens (tertiary/aromatic N) is 1. The molecule has 0 saturated carbocycles. The number of rotatable bonds is 10. The smallest absolute Gasteiger partial charge is 0.286 e. The number of carbonyl (C=O) groups excluding carboxylic acids is 1. The van der Waals surface area contributed by atoms with Gasteiger partial charge < -0.3 is 19.4 Å². The summed E-state index contributed by atoms with van der Waals surface area (Å²) >= 11 is 0. The molecule has 1 aromatic heterocycles. The molecule has 0 bridgehead atoms. The van der Waals surface area contributed by atoms with Gasteiger partial charge in [-0.15, -0.1) is 6.58 Å². The predicted octanol–water partition coefficient (Wildman–Crippen LogP) is 3.27. The van der Waals surface area contributed by atoms with Crippen LogP contribution in [0.2, 0.25) is 0 Å². The SMILES string of the molecule is C=CCc1ccccc1OCc1ccc(C(=O)NCCCN(C)C)o1. The zero-order valence-electron chi connectivity index (χ0n) is 15.0. The number of para-hydroxylation sites is 1. The third-order valence-electron chi connectivity index (χ3n) is 3.66. The molecule has 25 heavy (non-hydrogen) atoms. The summed E-state index contributed by atoms with van der Waals surface area (Å²) in [6, 6.07) is 11.3. The summed E-state index contributed by atoms with van der Waals surface area (Å²) in [5.74, 6) is 1.53. The van der Waals surface area contributed by atoms with Crippen LogP contribution in [0.25, 0.3) is 0 Å². The standard InChI is InChI=1S/C20H26N2O3/c1-4-8-16-9-5-6-10-18(16)24-15-17-11-12-19(25-17)20(23)21-13-7-14-22(2)3/h4-6,9-12H,1,7-8,13-15H2,2-3H3,(H,21,23). The van der Waals surface area contributed by atoms with Crippen molar-refractivity contribution in [2.24, 2.45) is 0 Å². The first-order valence-electron chi connectivity index (χ1n) is 8.43. The van der Waals surface area contributed by atoms with Crippen LogP contribution in [0.5, 0.6) is 5.75 Å². The first-order valence-corrected chi connectivity index (χ1v) is 8.43. The number of amides is 1. The van der Waals surface area contributed by atoms with Gasteiger partial charge in [-0.05, 0) is 57.2 Å². The second kappa shape index (κ2) is 9.69. The van der Waals surface area contributed by atoms with Crippen molar-refractivity contribution in [1.29, 1.82) is 0 Å². The largest absolute Gasteiger partial charge is 0.485 e. The van der Waals surface area contributed by atoms with E-state index >= 15 is 0 Å². The highest BCUT2D eigenvalue weighted by Crippen LogP contribution is 2.20. The Morgan fingerprint density at radius 3 is 2.84 bits per heavy atom. The summed E-state index contributed by atoms with van der Waals surface area (Å²) in [6.07, 6.45) is 3.48. The topological polar surface area (TPSA) is 54.7 Å². The minimum Gasteiger partial charge on any atom is -0.485 e. The van der Waals surface area contributed by atoms with Crippen LogP contribution in [-0.4, -0.2) is 38.0 Å². The van der Waals surface area contributed by atoms with Crippen LogP contribution in [0, 0.1) is 0 Å². The van der Waals surface area contributed by atoms with Gasteiger partial charge in [0, 0.05) is 6.54 Å². The van der Waals surface area contributed by atoms with Crippen LogP contribution in [0.15, 0.2) is 53.5 Å². The van der Waals surface area contributed by atoms with Crippen LogP contribution >= 0.6 is 0 Å². The summed E-state index contributed by atoms with van der Waals surface area (Å²) in [4.78, 5) is 14.1. The Hall–Kier alpha value is -2.53. The van der Waals surface area contributed by atoms with E-state index in [2.05, 4.69) is 16.8 Å². The van der Waals surface area contributed by atoms with Gasteiger partial charge in [-0.2, -0.15) is 0 Å². The fourth-order valence-electron chi connectivity index (χ4n) is 2.38. The Morgan fingerprint density at radius 2 is 2.08 bits per heavy atom. The Kier molecular flexibility index (Phi) is 7.29. The van der Waals surface area contributed by atoms with Crippen LogP contribution in [0.3, 0.4) is 0 Å². The van der Waals surface area contributed by atoms with E-state index in [0.29, 0.717) is 18.1 Å². The fraction of sp³-hybridized carbons (Fsp3) is 0.350. The van der Waals surface area contributed by atoms with E-state index in [4.69, 9.17) is 9.15 Å². The Labute approximate surface area is 149 Å². The zero-order chi connectivity index (χ0) is 18.1. The number of benzene rings is 1. The summed E-state index contributed by atoms with van der Waals surface area (Å²) in [7, 11) is 4.02. The normalized spacial score (nSPS) is 10.7. The van der Waals surface area contributed by atoms with E-state index in [0.717, 1.165) is 30.7 Å². The lowest BCUT2D eigenvalue weighted by atomic mass is 10.1. The minimum absolute atomic E-state index is 0.197. The zero-order valence-corrected chi connectivity index (χ0v) is 15.0. The van der Waals surface area contributed by atoms with Gasteiger partial charge in [-0.3, -0.25) is 4.79 Å². The lowest BCUT2D eigenvalue weighted by molar-refractivity contribution is 0.0920. The molecule has 0 aliphatic heterocycles. The average Bonchev–Trinajstić information content (AvgIpc) is 3.07. The molecule has 0 aliphatic rings. The molecule has 0 fully saturated rings. The molecule has 0 spiro atoms. The summed E-state index contributed by atoms with van der Waals surface area (Å²) < 4.78 is 11.4. The molecule has 1 heterocycles. The second-order valence-corrected chi connectivity index (χ2v) is 6.07. The van der Waals surface area contributed by atoms with Gasteiger partial charge in [0.15, 0.2) is 5.76 Å². The summed E-state index contributed by atoms with van der Waals surface area (Å²) in [5.41, 5.74) is 1.07.